The van der Waals surface area contributed by atoms with Gasteiger partial charge in [0.1, 0.15) is 10.0 Å². The van der Waals surface area contributed by atoms with Crippen molar-refractivity contribution in [2.75, 3.05) is 12.3 Å². The standard InChI is InChI=1S/C16H20Cl3N3O3/c1-7-4-3-5-9(8(7)2)21-10(23)6-25-16(24)14-11(17)13(20)12(18)15(19)22-14/h7-9H,3-6H2,1-2H3,(H2,20,22)(H,21,23)/p+1/t7-,8+,9+/m0/s1. The molecule has 138 valence electrons. The van der Waals surface area contributed by atoms with Gasteiger partial charge in [0, 0.05) is 6.04 Å². The second kappa shape index (κ2) is 8.43. The second-order valence-electron chi connectivity index (χ2n) is 6.37. The van der Waals surface area contributed by atoms with E-state index in [1.807, 2.05) is 0 Å². The highest BCUT2D eigenvalue weighted by molar-refractivity contribution is 6.45. The summed E-state index contributed by atoms with van der Waals surface area (Å²) in [6.45, 7) is 3.88. The molecule has 1 amide bonds. The predicted molar refractivity (Wildman–Crippen MR) is 96.8 cm³/mol. The van der Waals surface area contributed by atoms with E-state index in [1.165, 1.54) is 0 Å². The van der Waals surface area contributed by atoms with Crippen molar-refractivity contribution in [3.63, 3.8) is 0 Å². The number of carbonyl (C=O) groups is 2. The fraction of sp³-hybridized carbons (Fsp3) is 0.562. The third-order valence-electron chi connectivity index (χ3n) is 4.71. The molecule has 0 aliphatic heterocycles. The van der Waals surface area contributed by atoms with E-state index in [4.69, 9.17) is 45.3 Å². The Labute approximate surface area is 161 Å². The molecule has 1 aromatic heterocycles. The molecule has 25 heavy (non-hydrogen) atoms. The normalized spacial score (nSPS) is 23.2. The Morgan fingerprint density at radius 1 is 1.24 bits per heavy atom. The zero-order valence-corrected chi connectivity index (χ0v) is 16.3. The lowest BCUT2D eigenvalue weighted by molar-refractivity contribution is -0.380. The second-order valence-corrected chi connectivity index (χ2v) is 7.51. The number of aromatic amines is 1. The lowest BCUT2D eigenvalue weighted by atomic mass is 9.78. The number of hydrogen-bond donors (Lipinski definition) is 2. The van der Waals surface area contributed by atoms with Gasteiger partial charge in [-0.1, -0.05) is 49.9 Å². The molecular formula is C16H21Cl3N3O3+. The molecule has 2 rings (SSSR count). The zero-order chi connectivity index (χ0) is 18.7. The zero-order valence-electron chi connectivity index (χ0n) is 14.0. The van der Waals surface area contributed by atoms with E-state index in [2.05, 4.69) is 24.1 Å². The highest BCUT2D eigenvalue weighted by Crippen LogP contribution is 2.32. The minimum atomic E-state index is -0.838. The molecule has 1 aromatic rings. The molecule has 9 heteroatoms. The van der Waals surface area contributed by atoms with E-state index in [0.29, 0.717) is 11.8 Å². The van der Waals surface area contributed by atoms with Gasteiger partial charge in [0.05, 0.1) is 5.69 Å². The van der Waals surface area contributed by atoms with Gasteiger partial charge in [0.15, 0.2) is 6.61 Å². The number of amides is 1. The smallest absolute Gasteiger partial charge is 0.405 e. The van der Waals surface area contributed by atoms with Gasteiger partial charge in [0.2, 0.25) is 0 Å². The van der Waals surface area contributed by atoms with Crippen LogP contribution in [0.15, 0.2) is 0 Å². The first-order valence-electron chi connectivity index (χ1n) is 8.04. The van der Waals surface area contributed by atoms with E-state index in [1.54, 1.807) is 0 Å². The van der Waals surface area contributed by atoms with E-state index in [0.717, 1.165) is 19.3 Å². The summed E-state index contributed by atoms with van der Waals surface area (Å²) in [5, 5.41) is 2.80. The number of aromatic nitrogens is 1. The van der Waals surface area contributed by atoms with Crippen LogP contribution in [0.3, 0.4) is 0 Å². The molecule has 1 aliphatic rings. The summed E-state index contributed by atoms with van der Waals surface area (Å²) in [5.74, 6) is -0.265. The molecule has 0 bridgehead atoms. The van der Waals surface area contributed by atoms with Gasteiger partial charge < -0.3 is 15.8 Å². The number of nitrogen functional groups attached to an aromatic ring is 1. The topological polar surface area (TPSA) is 95.6 Å². The van der Waals surface area contributed by atoms with Gasteiger partial charge in [-0.05, 0) is 29.9 Å². The summed E-state index contributed by atoms with van der Waals surface area (Å²) in [4.78, 5) is 26.7. The van der Waals surface area contributed by atoms with Crippen LogP contribution >= 0.6 is 34.8 Å². The van der Waals surface area contributed by atoms with Crippen LogP contribution in [0.2, 0.25) is 15.2 Å². The third-order valence-corrected chi connectivity index (χ3v) is 5.88. The van der Waals surface area contributed by atoms with Crippen molar-refractivity contribution in [3.8, 4) is 0 Å². The number of rotatable bonds is 4. The molecule has 0 aromatic carbocycles. The van der Waals surface area contributed by atoms with Crippen LogP contribution in [0, 0.1) is 11.8 Å². The molecule has 3 atom stereocenters. The first kappa shape index (κ1) is 20.1. The van der Waals surface area contributed by atoms with Crippen LogP contribution in [-0.2, 0) is 9.53 Å². The number of esters is 1. The summed E-state index contributed by atoms with van der Waals surface area (Å²) in [7, 11) is 0. The van der Waals surface area contributed by atoms with E-state index in [9.17, 15) is 9.59 Å². The molecule has 1 saturated carbocycles. The van der Waals surface area contributed by atoms with E-state index >= 15 is 0 Å². The third kappa shape index (κ3) is 4.68. The molecule has 6 nitrogen and oxygen atoms in total. The van der Waals surface area contributed by atoms with Crippen molar-refractivity contribution < 1.29 is 19.3 Å². The predicted octanol–water partition coefficient (Wildman–Crippen LogP) is 3.14. The van der Waals surface area contributed by atoms with Gasteiger partial charge >= 0.3 is 11.7 Å². The molecule has 4 N–H and O–H groups in total. The monoisotopic (exact) mass is 408 g/mol. The largest absolute Gasteiger partial charge is 0.448 e. The summed E-state index contributed by atoms with van der Waals surface area (Å²) < 4.78 is 5.00. The highest BCUT2D eigenvalue weighted by atomic mass is 35.5. The average molecular weight is 410 g/mol. The number of hydrogen-bond acceptors (Lipinski definition) is 4. The molecule has 0 saturated heterocycles. The Morgan fingerprint density at radius 3 is 2.60 bits per heavy atom. The molecule has 0 unspecified atom stereocenters. The van der Waals surface area contributed by atoms with Crippen LogP contribution in [0.1, 0.15) is 43.6 Å². The van der Waals surface area contributed by atoms with Crippen LogP contribution in [0.5, 0.6) is 0 Å². The van der Waals surface area contributed by atoms with Crippen molar-refractivity contribution >= 4 is 52.4 Å². The van der Waals surface area contributed by atoms with Crippen molar-refractivity contribution in [2.45, 2.75) is 39.2 Å². The van der Waals surface area contributed by atoms with Gasteiger partial charge in [0.25, 0.3) is 11.1 Å². The van der Waals surface area contributed by atoms with Crippen molar-refractivity contribution in [1.82, 2.24) is 5.32 Å². The minimum absolute atomic E-state index is 0.0152. The molecule has 1 aliphatic carbocycles. The summed E-state index contributed by atoms with van der Waals surface area (Å²) in [5.41, 5.74) is 5.49. The minimum Gasteiger partial charge on any atom is -0.448 e. The lowest BCUT2D eigenvalue weighted by Crippen LogP contribution is -2.45. The van der Waals surface area contributed by atoms with Crippen LogP contribution in [0.4, 0.5) is 5.69 Å². The maximum absolute atomic E-state index is 12.1. The molecule has 0 spiro atoms. The van der Waals surface area contributed by atoms with Gasteiger partial charge in [-0.25, -0.2) is 4.79 Å². The van der Waals surface area contributed by atoms with Gasteiger partial charge in [-0.3, -0.25) is 4.79 Å². The Balaban J connectivity index is 1.95. The van der Waals surface area contributed by atoms with Gasteiger partial charge in [-0.2, -0.15) is 4.98 Å². The lowest BCUT2D eigenvalue weighted by Gasteiger charge is -2.34. The summed E-state index contributed by atoms with van der Waals surface area (Å²) >= 11 is 17.6. The number of carbonyl (C=O) groups excluding carboxylic acids is 2. The number of ether oxygens (including phenoxy) is 1. The Kier molecular flexibility index (Phi) is 6.77. The number of nitrogens with two attached hydrogens (primary N) is 1. The highest BCUT2D eigenvalue weighted by Gasteiger charge is 2.30. The summed E-state index contributed by atoms with van der Waals surface area (Å²) in [6, 6.07) is 0.0886. The number of anilines is 1. The fourth-order valence-electron chi connectivity index (χ4n) is 2.95. The Morgan fingerprint density at radius 2 is 1.92 bits per heavy atom. The van der Waals surface area contributed by atoms with Crippen molar-refractivity contribution in [1.29, 1.82) is 0 Å². The number of H-pyrrole nitrogens is 1. The quantitative estimate of drug-likeness (QED) is 0.590. The van der Waals surface area contributed by atoms with E-state index < -0.39 is 12.6 Å². The Hall–Kier alpha value is -1.24. The first-order chi connectivity index (χ1) is 11.7. The van der Waals surface area contributed by atoms with Crippen LogP contribution < -0.4 is 16.0 Å². The summed E-state index contributed by atoms with van der Waals surface area (Å²) in [6.07, 6.45) is 3.16. The van der Waals surface area contributed by atoms with Crippen LogP contribution in [-0.4, -0.2) is 24.5 Å². The van der Waals surface area contributed by atoms with Gasteiger partial charge in [-0.15, -0.1) is 0 Å². The average Bonchev–Trinajstić information content (AvgIpc) is 2.58. The maximum Gasteiger partial charge on any atom is 0.405 e. The molecular weight excluding hydrogens is 389 g/mol. The number of nitrogens with one attached hydrogen (secondary N) is 2. The van der Waals surface area contributed by atoms with Crippen molar-refractivity contribution in [2.24, 2.45) is 11.8 Å². The fourth-order valence-corrected chi connectivity index (χ4v) is 3.55. The first-order valence-corrected chi connectivity index (χ1v) is 9.17. The molecule has 1 fully saturated rings. The molecule has 1 heterocycles. The number of pyridine rings is 1. The Bertz CT molecular complexity index is 684. The SMILES string of the molecule is C[C@@H]1[C@@H](C)CCC[C@H]1NC(=O)COC(=O)c1[nH+]c(Cl)c(Cl)c(N)c1Cl. The maximum atomic E-state index is 12.1. The molecule has 0 radical (unpaired) electrons. The van der Waals surface area contributed by atoms with Crippen molar-refractivity contribution in [3.05, 3.63) is 20.9 Å². The van der Waals surface area contributed by atoms with Crippen LogP contribution in [0.25, 0.3) is 0 Å². The van der Waals surface area contributed by atoms with E-state index in [-0.39, 0.29) is 38.5 Å². The number of halogens is 3.